The van der Waals surface area contributed by atoms with Crippen molar-refractivity contribution >= 4 is 11.5 Å². The summed E-state index contributed by atoms with van der Waals surface area (Å²) in [4.78, 5) is 11.5. The van der Waals surface area contributed by atoms with Crippen LogP contribution >= 0.6 is 0 Å². The van der Waals surface area contributed by atoms with Crippen LogP contribution in [0.5, 0.6) is 5.75 Å². The summed E-state index contributed by atoms with van der Waals surface area (Å²) < 4.78 is 6.22. The summed E-state index contributed by atoms with van der Waals surface area (Å²) in [6, 6.07) is 12.3. The molecule has 0 radical (unpaired) electrons. The zero-order valence-corrected chi connectivity index (χ0v) is 16.4. The van der Waals surface area contributed by atoms with E-state index in [0.29, 0.717) is 12.1 Å². The van der Waals surface area contributed by atoms with E-state index in [4.69, 9.17) is 4.74 Å². The molecule has 2 aromatic carbocycles. The average Bonchev–Trinajstić information content (AvgIpc) is 2.65. The number of carboxylic acids is 1. The molecule has 0 fully saturated rings. The molecule has 4 heteroatoms. The van der Waals surface area contributed by atoms with Crippen molar-refractivity contribution in [1.29, 1.82) is 0 Å². The van der Waals surface area contributed by atoms with Crippen molar-refractivity contribution < 1.29 is 14.6 Å². The molecule has 1 aliphatic heterocycles. The summed E-state index contributed by atoms with van der Waals surface area (Å²) in [7, 11) is 0. The van der Waals surface area contributed by atoms with Crippen LogP contribution in [-0.4, -0.2) is 24.2 Å². The molecule has 0 bridgehead atoms. The molecule has 0 saturated heterocycles. The van der Waals surface area contributed by atoms with E-state index in [1.807, 2.05) is 31.2 Å². The molecular formula is C23H27NO3. The van der Waals surface area contributed by atoms with Crippen molar-refractivity contribution in [3.8, 4) is 5.75 Å². The summed E-state index contributed by atoms with van der Waals surface area (Å²) >= 11 is 0. The lowest BCUT2D eigenvalue weighted by molar-refractivity contribution is -0.132. The quantitative estimate of drug-likeness (QED) is 0.814. The maximum atomic E-state index is 11.5. The molecule has 0 amide bonds. The Kier molecular flexibility index (Phi) is 5.66. The van der Waals surface area contributed by atoms with E-state index in [-0.39, 0.29) is 6.10 Å². The molecule has 1 unspecified atom stereocenters. The second kappa shape index (κ2) is 7.97. The third-order valence-corrected chi connectivity index (χ3v) is 5.27. The summed E-state index contributed by atoms with van der Waals surface area (Å²) in [5.74, 6) is 0.0709. The minimum absolute atomic E-state index is 0.0834. The van der Waals surface area contributed by atoms with Gasteiger partial charge in [0.15, 0.2) is 0 Å². The van der Waals surface area contributed by atoms with E-state index in [1.54, 1.807) is 0 Å². The van der Waals surface area contributed by atoms with Crippen LogP contribution in [0.25, 0.3) is 5.57 Å². The number of nitrogens with one attached hydrogen (secondary N) is 1. The highest BCUT2D eigenvalue weighted by molar-refractivity contribution is 5.97. The Morgan fingerprint density at radius 2 is 1.85 bits per heavy atom. The second-order valence-corrected chi connectivity index (χ2v) is 7.28. The predicted octanol–water partition coefficient (Wildman–Crippen LogP) is 4.58. The zero-order chi connectivity index (χ0) is 19.6. The van der Waals surface area contributed by atoms with E-state index in [2.05, 4.69) is 38.2 Å². The highest BCUT2D eigenvalue weighted by Crippen LogP contribution is 2.30. The van der Waals surface area contributed by atoms with Crippen molar-refractivity contribution in [3.63, 3.8) is 0 Å². The Morgan fingerprint density at radius 3 is 2.52 bits per heavy atom. The Bertz CT molecular complexity index is 881. The van der Waals surface area contributed by atoms with Crippen molar-refractivity contribution in [1.82, 2.24) is 5.32 Å². The van der Waals surface area contributed by atoms with E-state index in [0.717, 1.165) is 41.0 Å². The van der Waals surface area contributed by atoms with Gasteiger partial charge in [-0.15, -0.1) is 0 Å². The SMILES string of the molecule is Cc1cc(C)c(C)c(OC(C)c2ccc(C3=C(C(=O)O)CNCC3)cc2)c1. The molecule has 27 heavy (non-hydrogen) atoms. The monoisotopic (exact) mass is 365 g/mol. The standard InChI is InChI=1S/C23H27NO3/c1-14-11-15(2)16(3)22(12-14)27-17(4)18-5-7-19(8-6-18)20-9-10-24-13-21(20)23(25)26/h5-8,11-12,17,24H,9-10,13H2,1-4H3,(H,25,26). The Morgan fingerprint density at radius 1 is 1.15 bits per heavy atom. The number of benzene rings is 2. The van der Waals surface area contributed by atoms with Gasteiger partial charge in [-0.2, -0.15) is 0 Å². The second-order valence-electron chi connectivity index (χ2n) is 7.28. The van der Waals surface area contributed by atoms with Gasteiger partial charge in [-0.3, -0.25) is 0 Å². The van der Waals surface area contributed by atoms with Gasteiger partial charge in [0.25, 0.3) is 0 Å². The zero-order valence-electron chi connectivity index (χ0n) is 16.4. The minimum atomic E-state index is -0.844. The van der Waals surface area contributed by atoms with Crippen molar-refractivity contribution in [2.45, 2.75) is 40.2 Å². The van der Waals surface area contributed by atoms with Gasteiger partial charge in [-0.05, 0) is 80.1 Å². The lowest BCUT2D eigenvalue weighted by Crippen LogP contribution is -2.28. The summed E-state index contributed by atoms with van der Waals surface area (Å²) in [5, 5.41) is 12.6. The topological polar surface area (TPSA) is 58.6 Å². The fraction of sp³-hybridized carbons (Fsp3) is 0.348. The number of hydrogen-bond donors (Lipinski definition) is 2. The highest BCUT2D eigenvalue weighted by atomic mass is 16.5. The van der Waals surface area contributed by atoms with E-state index < -0.39 is 5.97 Å². The van der Waals surface area contributed by atoms with Gasteiger partial charge in [0.1, 0.15) is 11.9 Å². The van der Waals surface area contributed by atoms with E-state index in [9.17, 15) is 9.90 Å². The largest absolute Gasteiger partial charge is 0.486 e. The van der Waals surface area contributed by atoms with Gasteiger partial charge < -0.3 is 15.2 Å². The Balaban J connectivity index is 1.82. The number of aryl methyl sites for hydroxylation is 2. The molecule has 1 heterocycles. The van der Waals surface area contributed by atoms with Crippen molar-refractivity contribution in [2.24, 2.45) is 0 Å². The Hall–Kier alpha value is -2.59. The number of carbonyl (C=O) groups is 1. The van der Waals surface area contributed by atoms with Gasteiger partial charge in [0.2, 0.25) is 0 Å². The van der Waals surface area contributed by atoms with Gasteiger partial charge in [0.05, 0.1) is 5.57 Å². The van der Waals surface area contributed by atoms with Gasteiger partial charge in [-0.1, -0.05) is 30.3 Å². The smallest absolute Gasteiger partial charge is 0.333 e. The first kappa shape index (κ1) is 19.2. The molecule has 1 aliphatic rings. The fourth-order valence-electron chi connectivity index (χ4n) is 3.54. The summed E-state index contributed by atoms with van der Waals surface area (Å²) in [6.07, 6.45) is 0.648. The molecule has 0 aliphatic carbocycles. The molecule has 0 spiro atoms. The van der Waals surface area contributed by atoms with Gasteiger partial charge in [0, 0.05) is 6.54 Å². The lowest BCUT2D eigenvalue weighted by atomic mass is 9.93. The number of rotatable bonds is 5. The highest BCUT2D eigenvalue weighted by Gasteiger charge is 2.19. The molecule has 4 nitrogen and oxygen atoms in total. The Labute approximate surface area is 160 Å². The van der Waals surface area contributed by atoms with Crippen LogP contribution in [0, 0.1) is 20.8 Å². The van der Waals surface area contributed by atoms with Crippen molar-refractivity contribution in [2.75, 3.05) is 13.1 Å². The normalized spacial score (nSPS) is 15.6. The number of aliphatic carboxylic acids is 1. The summed E-state index contributed by atoms with van der Waals surface area (Å²) in [5.41, 5.74) is 7.02. The predicted molar refractivity (Wildman–Crippen MR) is 108 cm³/mol. The van der Waals surface area contributed by atoms with Gasteiger partial charge in [-0.25, -0.2) is 4.79 Å². The molecule has 2 N–H and O–H groups in total. The maximum Gasteiger partial charge on any atom is 0.333 e. The molecular weight excluding hydrogens is 338 g/mol. The van der Waals surface area contributed by atoms with Crippen LogP contribution in [0.2, 0.25) is 0 Å². The van der Waals surface area contributed by atoms with E-state index >= 15 is 0 Å². The third-order valence-electron chi connectivity index (χ3n) is 5.27. The molecule has 142 valence electrons. The average molecular weight is 365 g/mol. The van der Waals surface area contributed by atoms with Crippen LogP contribution in [0.15, 0.2) is 42.0 Å². The summed E-state index contributed by atoms with van der Waals surface area (Å²) in [6.45, 7) is 9.51. The van der Waals surface area contributed by atoms with Crippen LogP contribution in [-0.2, 0) is 4.79 Å². The van der Waals surface area contributed by atoms with Crippen LogP contribution < -0.4 is 10.1 Å². The molecule has 1 atom stereocenters. The first-order valence-electron chi connectivity index (χ1n) is 9.37. The molecule has 0 aromatic heterocycles. The first-order valence-corrected chi connectivity index (χ1v) is 9.37. The van der Waals surface area contributed by atoms with Crippen molar-refractivity contribution in [3.05, 3.63) is 69.8 Å². The first-order chi connectivity index (χ1) is 12.9. The maximum absolute atomic E-state index is 11.5. The molecule has 0 saturated carbocycles. The minimum Gasteiger partial charge on any atom is -0.486 e. The van der Waals surface area contributed by atoms with Crippen LogP contribution in [0.4, 0.5) is 0 Å². The number of ether oxygens (including phenoxy) is 1. The molecule has 3 rings (SSSR count). The fourth-order valence-corrected chi connectivity index (χ4v) is 3.54. The molecule has 2 aromatic rings. The van der Waals surface area contributed by atoms with E-state index in [1.165, 1.54) is 11.1 Å². The van der Waals surface area contributed by atoms with Crippen LogP contribution in [0.3, 0.4) is 0 Å². The lowest BCUT2D eigenvalue weighted by Gasteiger charge is -2.21. The number of hydrogen-bond acceptors (Lipinski definition) is 3. The van der Waals surface area contributed by atoms with Gasteiger partial charge >= 0.3 is 5.97 Å². The van der Waals surface area contributed by atoms with Crippen LogP contribution in [0.1, 0.15) is 47.3 Å². The number of carboxylic acid groups (broad SMARTS) is 1. The third kappa shape index (κ3) is 4.22.